The van der Waals surface area contributed by atoms with Crippen molar-refractivity contribution < 1.29 is 13.9 Å². The molecule has 1 aromatic rings. The third-order valence-electron chi connectivity index (χ3n) is 4.30. The van der Waals surface area contributed by atoms with E-state index in [2.05, 4.69) is 18.7 Å². The minimum Gasteiger partial charge on any atom is -0.469 e. The number of hydrogen-bond acceptors (Lipinski definition) is 3. The number of benzene rings is 1. The van der Waals surface area contributed by atoms with Crippen LogP contribution in [0.3, 0.4) is 0 Å². The fraction of sp³-hybridized carbons (Fsp3) is 0.562. The zero-order valence-corrected chi connectivity index (χ0v) is 13.4. The van der Waals surface area contributed by atoms with Gasteiger partial charge in [0.05, 0.1) is 18.1 Å². The zero-order chi connectivity index (χ0) is 15.6. The standard InChI is InChI=1S/C16H21ClFNO2/c1-10-7-13(16(20)21-3)8-11(2)19(10)9-12-5-4-6-14(17)15(12)18/h4-6,10-11,13H,7-9H2,1-3H3. The summed E-state index contributed by atoms with van der Waals surface area (Å²) in [4.78, 5) is 13.9. The molecule has 21 heavy (non-hydrogen) atoms. The first-order valence-electron chi connectivity index (χ1n) is 7.20. The molecule has 0 radical (unpaired) electrons. The van der Waals surface area contributed by atoms with Gasteiger partial charge in [0, 0.05) is 24.2 Å². The van der Waals surface area contributed by atoms with Crippen LogP contribution in [-0.2, 0) is 16.1 Å². The lowest BCUT2D eigenvalue weighted by atomic mass is 9.87. The van der Waals surface area contributed by atoms with Crippen molar-refractivity contribution in [2.75, 3.05) is 7.11 Å². The molecule has 1 aliphatic heterocycles. The second kappa shape index (κ2) is 6.75. The Balaban J connectivity index is 2.11. The molecule has 0 N–H and O–H groups in total. The molecule has 1 saturated heterocycles. The van der Waals surface area contributed by atoms with Gasteiger partial charge in [0.2, 0.25) is 0 Å². The Hall–Kier alpha value is -1.13. The van der Waals surface area contributed by atoms with Gasteiger partial charge in [-0.15, -0.1) is 0 Å². The minimum absolute atomic E-state index is 0.0690. The van der Waals surface area contributed by atoms with Crippen LogP contribution in [0, 0.1) is 11.7 Å². The molecular formula is C16H21ClFNO2. The van der Waals surface area contributed by atoms with Crippen LogP contribution < -0.4 is 0 Å². The summed E-state index contributed by atoms with van der Waals surface area (Å²) in [5, 5.41) is 0.150. The molecule has 0 spiro atoms. The van der Waals surface area contributed by atoms with E-state index in [0.717, 1.165) is 12.8 Å². The monoisotopic (exact) mass is 313 g/mol. The maximum Gasteiger partial charge on any atom is 0.308 e. The quantitative estimate of drug-likeness (QED) is 0.798. The molecular weight excluding hydrogens is 293 g/mol. The average Bonchev–Trinajstić information content (AvgIpc) is 2.46. The number of likely N-dealkylation sites (tertiary alicyclic amines) is 1. The van der Waals surface area contributed by atoms with E-state index in [-0.39, 0.29) is 34.8 Å². The molecule has 3 nitrogen and oxygen atoms in total. The Morgan fingerprint density at radius 1 is 1.38 bits per heavy atom. The molecule has 1 aromatic carbocycles. The number of piperidine rings is 1. The highest BCUT2D eigenvalue weighted by Crippen LogP contribution is 2.31. The number of rotatable bonds is 3. The number of methoxy groups -OCH3 is 1. The molecule has 1 fully saturated rings. The first-order valence-corrected chi connectivity index (χ1v) is 7.58. The summed E-state index contributed by atoms with van der Waals surface area (Å²) in [5.41, 5.74) is 0.595. The average molecular weight is 314 g/mol. The van der Waals surface area contributed by atoms with E-state index in [1.807, 2.05) is 0 Å². The number of ether oxygens (including phenoxy) is 1. The Kier molecular flexibility index (Phi) is 5.22. The summed E-state index contributed by atoms with van der Waals surface area (Å²) in [6, 6.07) is 5.45. The molecule has 0 aliphatic carbocycles. The number of nitrogens with zero attached hydrogens (tertiary/aromatic N) is 1. The summed E-state index contributed by atoms with van der Waals surface area (Å²) >= 11 is 5.83. The minimum atomic E-state index is -0.353. The second-order valence-corrected chi connectivity index (χ2v) is 6.18. The van der Waals surface area contributed by atoms with E-state index in [1.165, 1.54) is 7.11 Å². The van der Waals surface area contributed by atoms with Crippen molar-refractivity contribution in [3.8, 4) is 0 Å². The highest BCUT2D eigenvalue weighted by Gasteiger charge is 2.35. The molecule has 1 heterocycles. The predicted octanol–water partition coefficient (Wildman–Crippen LogP) is 3.64. The fourth-order valence-electron chi connectivity index (χ4n) is 3.16. The molecule has 0 bridgehead atoms. The smallest absolute Gasteiger partial charge is 0.308 e. The molecule has 2 rings (SSSR count). The van der Waals surface area contributed by atoms with Gasteiger partial charge in [-0.1, -0.05) is 23.7 Å². The fourth-order valence-corrected chi connectivity index (χ4v) is 3.36. The first-order chi connectivity index (χ1) is 9.93. The Morgan fingerprint density at radius 2 is 2.00 bits per heavy atom. The lowest BCUT2D eigenvalue weighted by molar-refractivity contribution is -0.148. The maximum absolute atomic E-state index is 14.0. The van der Waals surface area contributed by atoms with Crippen LogP contribution >= 0.6 is 11.6 Å². The Morgan fingerprint density at radius 3 is 2.57 bits per heavy atom. The summed E-state index contributed by atoms with van der Waals surface area (Å²) in [6.45, 7) is 4.63. The molecule has 1 aliphatic rings. The van der Waals surface area contributed by atoms with Crippen molar-refractivity contribution >= 4 is 17.6 Å². The van der Waals surface area contributed by atoms with Gasteiger partial charge in [0.15, 0.2) is 0 Å². The van der Waals surface area contributed by atoms with E-state index >= 15 is 0 Å². The van der Waals surface area contributed by atoms with Gasteiger partial charge in [0.25, 0.3) is 0 Å². The summed E-state index contributed by atoms with van der Waals surface area (Å²) in [7, 11) is 1.42. The van der Waals surface area contributed by atoms with E-state index in [0.29, 0.717) is 12.1 Å². The molecule has 0 aromatic heterocycles. The van der Waals surface area contributed by atoms with Crippen LogP contribution in [0.25, 0.3) is 0 Å². The van der Waals surface area contributed by atoms with Gasteiger partial charge in [-0.3, -0.25) is 9.69 Å². The van der Waals surface area contributed by atoms with E-state index in [9.17, 15) is 9.18 Å². The lowest BCUT2D eigenvalue weighted by Crippen LogP contribution is -2.47. The highest BCUT2D eigenvalue weighted by molar-refractivity contribution is 6.30. The molecule has 0 amide bonds. The number of halogens is 2. The van der Waals surface area contributed by atoms with Crippen LogP contribution in [0.1, 0.15) is 32.3 Å². The van der Waals surface area contributed by atoms with Crippen molar-refractivity contribution in [3.63, 3.8) is 0 Å². The van der Waals surface area contributed by atoms with Gasteiger partial charge < -0.3 is 4.74 Å². The van der Waals surface area contributed by atoms with E-state index in [4.69, 9.17) is 16.3 Å². The van der Waals surface area contributed by atoms with Gasteiger partial charge in [0.1, 0.15) is 5.82 Å². The van der Waals surface area contributed by atoms with Crippen LogP contribution in [0.15, 0.2) is 18.2 Å². The second-order valence-electron chi connectivity index (χ2n) is 5.77. The predicted molar refractivity (Wildman–Crippen MR) is 80.6 cm³/mol. The number of esters is 1. The summed E-state index contributed by atoms with van der Waals surface area (Å²) in [5.74, 6) is -0.573. The van der Waals surface area contributed by atoms with Crippen LogP contribution in [-0.4, -0.2) is 30.1 Å². The zero-order valence-electron chi connectivity index (χ0n) is 12.6. The maximum atomic E-state index is 14.0. The molecule has 2 atom stereocenters. The Labute approximate surface area is 130 Å². The van der Waals surface area contributed by atoms with Gasteiger partial charge >= 0.3 is 5.97 Å². The summed E-state index contributed by atoms with van der Waals surface area (Å²) in [6.07, 6.45) is 1.47. The van der Waals surface area contributed by atoms with E-state index in [1.54, 1.807) is 18.2 Å². The summed E-state index contributed by atoms with van der Waals surface area (Å²) < 4.78 is 18.9. The lowest BCUT2D eigenvalue weighted by Gasteiger charge is -2.41. The number of carbonyl (C=O) groups is 1. The van der Waals surface area contributed by atoms with Gasteiger partial charge in [-0.25, -0.2) is 4.39 Å². The van der Waals surface area contributed by atoms with Crippen LogP contribution in [0.5, 0.6) is 0 Å². The highest BCUT2D eigenvalue weighted by atomic mass is 35.5. The van der Waals surface area contributed by atoms with E-state index < -0.39 is 0 Å². The van der Waals surface area contributed by atoms with Crippen molar-refractivity contribution in [1.82, 2.24) is 4.90 Å². The van der Waals surface area contributed by atoms with Gasteiger partial charge in [-0.2, -0.15) is 0 Å². The number of carbonyl (C=O) groups excluding carboxylic acids is 1. The van der Waals surface area contributed by atoms with Gasteiger partial charge in [-0.05, 0) is 32.8 Å². The SMILES string of the molecule is COC(=O)C1CC(C)N(Cc2cccc(Cl)c2F)C(C)C1. The van der Waals surface area contributed by atoms with Crippen molar-refractivity contribution in [1.29, 1.82) is 0 Å². The molecule has 116 valence electrons. The largest absolute Gasteiger partial charge is 0.469 e. The van der Waals surface area contributed by atoms with Crippen molar-refractivity contribution in [2.24, 2.45) is 5.92 Å². The third-order valence-corrected chi connectivity index (χ3v) is 4.59. The molecule has 2 unspecified atom stereocenters. The van der Waals surface area contributed by atoms with Crippen LogP contribution in [0.2, 0.25) is 5.02 Å². The molecule has 5 heteroatoms. The van der Waals surface area contributed by atoms with Crippen LogP contribution in [0.4, 0.5) is 4.39 Å². The first kappa shape index (κ1) is 16.2. The number of hydrogen-bond donors (Lipinski definition) is 0. The molecule has 0 saturated carbocycles. The Bertz CT molecular complexity index is 511. The topological polar surface area (TPSA) is 29.5 Å². The third kappa shape index (κ3) is 3.55. The van der Waals surface area contributed by atoms with Crippen molar-refractivity contribution in [2.45, 2.75) is 45.3 Å². The van der Waals surface area contributed by atoms with Crippen molar-refractivity contribution in [3.05, 3.63) is 34.6 Å². The normalized spacial score (nSPS) is 26.6.